The monoisotopic (exact) mass is 223 g/mol. The van der Waals surface area contributed by atoms with Crippen LogP contribution in [0.5, 0.6) is 5.75 Å². The molecule has 2 nitrogen and oxygen atoms in total. The highest BCUT2D eigenvalue weighted by atomic mass is 32.2. The molecular formula is C12H17NOS. The molecule has 2 atom stereocenters. The predicted molar refractivity (Wildman–Crippen MR) is 65.3 cm³/mol. The lowest BCUT2D eigenvalue weighted by Gasteiger charge is -2.15. The zero-order valence-corrected chi connectivity index (χ0v) is 10.0. The molecule has 0 fully saturated rings. The van der Waals surface area contributed by atoms with E-state index in [2.05, 4.69) is 13.0 Å². The van der Waals surface area contributed by atoms with E-state index in [4.69, 9.17) is 10.5 Å². The van der Waals surface area contributed by atoms with Crippen molar-refractivity contribution in [1.29, 1.82) is 0 Å². The van der Waals surface area contributed by atoms with Crippen LogP contribution in [0.2, 0.25) is 0 Å². The topological polar surface area (TPSA) is 35.2 Å². The highest BCUT2D eigenvalue weighted by Gasteiger charge is 2.21. The maximum Gasteiger partial charge on any atom is 0.123 e. The lowest BCUT2D eigenvalue weighted by Crippen LogP contribution is -2.14. The van der Waals surface area contributed by atoms with E-state index in [0.717, 1.165) is 17.9 Å². The van der Waals surface area contributed by atoms with Crippen LogP contribution in [-0.4, -0.2) is 12.4 Å². The molecular weight excluding hydrogens is 206 g/mol. The Bertz CT molecular complexity index is 353. The van der Waals surface area contributed by atoms with Crippen LogP contribution in [-0.2, 0) is 5.75 Å². The zero-order valence-electron chi connectivity index (χ0n) is 9.19. The zero-order chi connectivity index (χ0) is 10.8. The van der Waals surface area contributed by atoms with Gasteiger partial charge in [0.25, 0.3) is 0 Å². The third kappa shape index (κ3) is 2.13. The molecule has 3 heteroatoms. The van der Waals surface area contributed by atoms with Gasteiger partial charge in [0, 0.05) is 22.6 Å². The second kappa shape index (κ2) is 4.45. The highest BCUT2D eigenvalue weighted by molar-refractivity contribution is 7.99. The Kier molecular flexibility index (Phi) is 3.22. The maximum absolute atomic E-state index is 6.19. The van der Waals surface area contributed by atoms with Crippen molar-refractivity contribution in [2.75, 3.05) is 7.11 Å². The van der Waals surface area contributed by atoms with Crippen molar-refractivity contribution in [3.05, 3.63) is 29.3 Å². The molecule has 2 N–H and O–H groups in total. The standard InChI is InChI=1S/C12H17NOS/c1-8-6-11(13)9-4-3-5-12(14-2)10(9)7-15-8/h3-5,8,11H,6-7,13H2,1-2H3/t8?,11-/m0/s1. The van der Waals surface area contributed by atoms with Gasteiger partial charge in [-0.2, -0.15) is 11.8 Å². The van der Waals surface area contributed by atoms with E-state index in [1.165, 1.54) is 11.1 Å². The fourth-order valence-electron chi connectivity index (χ4n) is 2.05. The third-order valence-electron chi connectivity index (χ3n) is 2.89. The second-order valence-electron chi connectivity index (χ2n) is 3.99. The molecule has 1 aliphatic rings. The van der Waals surface area contributed by atoms with Gasteiger partial charge in [0.2, 0.25) is 0 Å². The van der Waals surface area contributed by atoms with Gasteiger partial charge < -0.3 is 10.5 Å². The Morgan fingerprint density at radius 2 is 2.27 bits per heavy atom. The van der Waals surface area contributed by atoms with Gasteiger partial charge in [-0.3, -0.25) is 0 Å². The number of rotatable bonds is 1. The lowest BCUT2D eigenvalue weighted by molar-refractivity contribution is 0.410. The van der Waals surface area contributed by atoms with Crippen LogP contribution in [0.4, 0.5) is 0 Å². The number of fused-ring (bicyclic) bond motifs is 1. The van der Waals surface area contributed by atoms with Crippen molar-refractivity contribution >= 4 is 11.8 Å². The van der Waals surface area contributed by atoms with E-state index in [9.17, 15) is 0 Å². The summed E-state index contributed by atoms with van der Waals surface area (Å²) in [6, 6.07) is 6.32. The molecule has 0 bridgehead atoms. The first-order chi connectivity index (χ1) is 7.22. The van der Waals surface area contributed by atoms with Gasteiger partial charge in [-0.25, -0.2) is 0 Å². The van der Waals surface area contributed by atoms with Gasteiger partial charge in [0.1, 0.15) is 5.75 Å². The summed E-state index contributed by atoms with van der Waals surface area (Å²) in [6.07, 6.45) is 1.05. The van der Waals surface area contributed by atoms with E-state index in [-0.39, 0.29) is 6.04 Å². The molecule has 1 aromatic rings. The van der Waals surface area contributed by atoms with Crippen molar-refractivity contribution in [1.82, 2.24) is 0 Å². The number of methoxy groups -OCH3 is 1. The molecule has 0 aliphatic carbocycles. The summed E-state index contributed by atoms with van der Waals surface area (Å²) in [6.45, 7) is 2.24. The second-order valence-corrected chi connectivity index (χ2v) is 5.42. The molecule has 0 spiro atoms. The molecule has 1 unspecified atom stereocenters. The molecule has 2 rings (SSSR count). The minimum Gasteiger partial charge on any atom is -0.496 e. The van der Waals surface area contributed by atoms with E-state index in [0.29, 0.717) is 5.25 Å². The Morgan fingerprint density at radius 3 is 3.00 bits per heavy atom. The van der Waals surface area contributed by atoms with Gasteiger partial charge in [-0.1, -0.05) is 19.1 Å². The highest BCUT2D eigenvalue weighted by Crippen LogP contribution is 2.37. The number of nitrogens with two attached hydrogens (primary N) is 1. The van der Waals surface area contributed by atoms with Crippen LogP contribution in [0.3, 0.4) is 0 Å². The Balaban J connectivity index is 2.43. The van der Waals surface area contributed by atoms with Crippen LogP contribution in [0.25, 0.3) is 0 Å². The maximum atomic E-state index is 6.19. The Hall–Kier alpha value is -0.670. The molecule has 15 heavy (non-hydrogen) atoms. The minimum atomic E-state index is 0.153. The molecule has 1 heterocycles. The largest absolute Gasteiger partial charge is 0.496 e. The molecule has 1 aliphatic heterocycles. The average molecular weight is 223 g/mol. The number of hydrogen-bond acceptors (Lipinski definition) is 3. The SMILES string of the molecule is COc1cccc2c1CSC(C)C[C@@H]2N. The first-order valence-corrected chi connectivity index (χ1v) is 6.30. The molecule has 82 valence electrons. The summed E-state index contributed by atoms with van der Waals surface area (Å²) in [4.78, 5) is 0. The molecule has 0 saturated carbocycles. The van der Waals surface area contributed by atoms with E-state index in [1.807, 2.05) is 23.9 Å². The van der Waals surface area contributed by atoms with Gasteiger partial charge in [-0.05, 0) is 18.1 Å². The predicted octanol–water partition coefficient (Wildman–Crippen LogP) is 2.72. The van der Waals surface area contributed by atoms with Crippen molar-refractivity contribution < 1.29 is 4.74 Å². The van der Waals surface area contributed by atoms with Gasteiger partial charge in [0.15, 0.2) is 0 Å². The van der Waals surface area contributed by atoms with Gasteiger partial charge >= 0.3 is 0 Å². The van der Waals surface area contributed by atoms with Gasteiger partial charge in [0.05, 0.1) is 7.11 Å². The Morgan fingerprint density at radius 1 is 1.47 bits per heavy atom. The average Bonchev–Trinajstić information content (AvgIpc) is 2.38. The molecule has 0 radical (unpaired) electrons. The third-order valence-corrected chi connectivity index (χ3v) is 4.10. The summed E-state index contributed by atoms with van der Waals surface area (Å²) in [5.41, 5.74) is 8.73. The van der Waals surface area contributed by atoms with Crippen molar-refractivity contribution in [2.45, 2.75) is 30.4 Å². The quantitative estimate of drug-likeness (QED) is 0.795. The molecule has 0 amide bonds. The van der Waals surface area contributed by atoms with Crippen LogP contribution < -0.4 is 10.5 Å². The molecule has 0 saturated heterocycles. The first-order valence-electron chi connectivity index (χ1n) is 5.25. The summed E-state index contributed by atoms with van der Waals surface area (Å²) in [5, 5.41) is 0.622. The number of ether oxygens (including phenoxy) is 1. The van der Waals surface area contributed by atoms with Crippen LogP contribution in [0.1, 0.15) is 30.5 Å². The molecule has 0 aromatic heterocycles. The normalized spacial score (nSPS) is 25.5. The van der Waals surface area contributed by atoms with E-state index >= 15 is 0 Å². The first kappa shape index (κ1) is 10.8. The number of thioether (sulfide) groups is 1. The summed E-state index contributed by atoms with van der Waals surface area (Å²) in [7, 11) is 1.72. The smallest absolute Gasteiger partial charge is 0.123 e. The summed E-state index contributed by atoms with van der Waals surface area (Å²) >= 11 is 1.95. The van der Waals surface area contributed by atoms with Crippen molar-refractivity contribution in [3.63, 3.8) is 0 Å². The van der Waals surface area contributed by atoms with Crippen molar-refractivity contribution in [3.8, 4) is 5.75 Å². The number of benzene rings is 1. The van der Waals surface area contributed by atoms with Gasteiger partial charge in [-0.15, -0.1) is 0 Å². The van der Waals surface area contributed by atoms with E-state index in [1.54, 1.807) is 7.11 Å². The van der Waals surface area contributed by atoms with Crippen LogP contribution in [0, 0.1) is 0 Å². The summed E-state index contributed by atoms with van der Waals surface area (Å²) < 4.78 is 5.38. The van der Waals surface area contributed by atoms with Crippen LogP contribution >= 0.6 is 11.8 Å². The lowest BCUT2D eigenvalue weighted by atomic mass is 9.98. The fourth-order valence-corrected chi connectivity index (χ4v) is 3.16. The fraction of sp³-hybridized carbons (Fsp3) is 0.500. The minimum absolute atomic E-state index is 0.153. The molecule has 1 aromatic carbocycles. The summed E-state index contributed by atoms with van der Waals surface area (Å²) in [5.74, 6) is 1.98. The Labute approximate surface area is 95.2 Å². The van der Waals surface area contributed by atoms with E-state index < -0.39 is 0 Å². The van der Waals surface area contributed by atoms with Crippen LogP contribution in [0.15, 0.2) is 18.2 Å². The number of hydrogen-bond donors (Lipinski definition) is 1. The van der Waals surface area contributed by atoms with Crippen molar-refractivity contribution in [2.24, 2.45) is 5.73 Å².